The smallest absolute Gasteiger partial charge is 0.227 e. The summed E-state index contributed by atoms with van der Waals surface area (Å²) in [4.78, 5) is 15.5. The van der Waals surface area contributed by atoms with Gasteiger partial charge in [-0.3, -0.25) is 15.0 Å². The lowest BCUT2D eigenvalue weighted by molar-refractivity contribution is 0.139. The van der Waals surface area contributed by atoms with Crippen LogP contribution < -0.4 is 10.6 Å². The molecule has 2 saturated heterocycles. The summed E-state index contributed by atoms with van der Waals surface area (Å²) < 4.78 is 0. The number of hydrogen-bond acceptors (Lipinski definition) is 6. The number of pyridine rings is 2. The maximum absolute atomic E-state index is 7.10. The summed E-state index contributed by atoms with van der Waals surface area (Å²) in [5.41, 5.74) is 1.90. The van der Waals surface area contributed by atoms with Crippen molar-refractivity contribution in [3.63, 3.8) is 0 Å². The number of piperidine rings is 1. The fraction of sp³-hybridized carbons (Fsp3) is 0.556. The van der Waals surface area contributed by atoms with E-state index in [1.807, 2.05) is 31.3 Å². The van der Waals surface area contributed by atoms with Crippen molar-refractivity contribution >= 4 is 28.4 Å². The van der Waals surface area contributed by atoms with E-state index in [4.69, 9.17) is 11.6 Å². The van der Waals surface area contributed by atoms with Gasteiger partial charge in [-0.2, -0.15) is 5.10 Å². The Morgan fingerprint density at radius 3 is 2.54 bits per heavy atom. The maximum atomic E-state index is 7.10. The molecule has 2 aliphatic heterocycles. The fourth-order valence-electron chi connectivity index (χ4n) is 5.33. The van der Waals surface area contributed by atoms with Gasteiger partial charge in [-0.15, -0.1) is 0 Å². The van der Waals surface area contributed by atoms with E-state index in [0.717, 1.165) is 53.4 Å². The predicted molar refractivity (Wildman–Crippen MR) is 143 cm³/mol. The largest absolute Gasteiger partial charge is 0.367 e. The summed E-state index contributed by atoms with van der Waals surface area (Å²) in [6, 6.07) is 9.46. The van der Waals surface area contributed by atoms with Crippen molar-refractivity contribution in [2.24, 2.45) is 0 Å². The lowest BCUT2D eigenvalue weighted by Gasteiger charge is -2.38. The number of hydrogen-bond donors (Lipinski definition) is 3. The summed E-state index contributed by atoms with van der Waals surface area (Å²) >= 11 is 0. The summed E-state index contributed by atoms with van der Waals surface area (Å²) in [6.45, 7) is 15.0. The molecule has 2 aliphatic rings. The van der Waals surface area contributed by atoms with Gasteiger partial charge in [0.1, 0.15) is 11.6 Å². The third kappa shape index (κ3) is 6.29. The Balaban J connectivity index is 0.000000527. The molecule has 0 amide bonds. The minimum atomic E-state index is 0.380. The zero-order chi connectivity index (χ0) is 24.6. The molecule has 3 aromatic heterocycles. The zero-order valence-electron chi connectivity index (χ0n) is 21.2. The van der Waals surface area contributed by atoms with Crippen LogP contribution in [-0.2, 0) is 0 Å². The van der Waals surface area contributed by atoms with Gasteiger partial charge in [-0.05, 0) is 44.7 Å². The number of rotatable bonds is 8. The first kappa shape index (κ1) is 24.9. The number of nitrogens with zero attached hydrogens (tertiary/aromatic N) is 5. The Morgan fingerprint density at radius 1 is 1.14 bits per heavy atom. The second kappa shape index (κ2) is 12.0. The molecule has 2 bridgehead atoms. The van der Waals surface area contributed by atoms with Gasteiger partial charge in [0, 0.05) is 47.5 Å². The van der Waals surface area contributed by atoms with Crippen LogP contribution in [-0.4, -0.2) is 56.3 Å². The zero-order valence-corrected chi connectivity index (χ0v) is 21.2. The van der Waals surface area contributed by atoms with Crippen molar-refractivity contribution in [1.82, 2.24) is 25.1 Å². The van der Waals surface area contributed by atoms with Crippen molar-refractivity contribution in [1.29, 1.82) is 0 Å². The van der Waals surface area contributed by atoms with Crippen molar-refractivity contribution in [2.75, 3.05) is 23.7 Å². The number of fused-ring (bicyclic) bond motifs is 3. The molecule has 0 aromatic carbocycles. The second-order valence-corrected chi connectivity index (χ2v) is 9.66. The summed E-state index contributed by atoms with van der Waals surface area (Å²) in [7, 11) is 0. The molecule has 3 atom stereocenters. The van der Waals surface area contributed by atoms with E-state index in [9.17, 15) is 0 Å². The van der Waals surface area contributed by atoms with Gasteiger partial charge in [0.25, 0.3) is 0 Å². The molecule has 0 saturated carbocycles. The van der Waals surface area contributed by atoms with Crippen LogP contribution in [0.25, 0.3) is 15.7 Å². The van der Waals surface area contributed by atoms with Crippen molar-refractivity contribution in [3.8, 4) is 0 Å². The standard InChI is InChI=1S/C22H26N8.C5H12/c1-14-10-21(29-28-14)26-20-13-19-18(4-3-7-24-19)22(27-20)25-15-11-16-5-6-17(12-15)30(16)9-8-23-2;1-3-5-4-2/h3-4,7,10,13,15-17H,5-6,8-9,11-12H2,1H3,(H3,25,26,27,28,29);3-5H2,1-2H3/t15?,16-,17+;. The van der Waals surface area contributed by atoms with Gasteiger partial charge in [0.05, 0.1) is 12.1 Å². The van der Waals surface area contributed by atoms with Crippen molar-refractivity contribution in [3.05, 3.63) is 47.6 Å². The highest BCUT2D eigenvalue weighted by atomic mass is 15.2. The van der Waals surface area contributed by atoms with E-state index < -0.39 is 0 Å². The molecule has 3 aromatic rings. The molecule has 1 unspecified atom stereocenters. The normalized spacial score (nSPS) is 21.3. The Hall–Kier alpha value is -3.18. The molecule has 8 nitrogen and oxygen atoms in total. The minimum absolute atomic E-state index is 0.380. The van der Waals surface area contributed by atoms with Crippen molar-refractivity contribution in [2.45, 2.75) is 83.8 Å². The highest BCUT2D eigenvalue weighted by Crippen LogP contribution is 2.37. The van der Waals surface area contributed by atoms with Crippen LogP contribution in [0.3, 0.4) is 0 Å². The molecule has 0 spiro atoms. The first-order valence-electron chi connectivity index (χ1n) is 13.0. The number of H-pyrrole nitrogens is 1. The first-order valence-corrected chi connectivity index (χ1v) is 13.0. The first-order chi connectivity index (χ1) is 17.1. The Labute approximate surface area is 208 Å². The predicted octanol–water partition coefficient (Wildman–Crippen LogP) is 5.93. The molecule has 186 valence electrons. The van der Waals surface area contributed by atoms with E-state index in [1.54, 1.807) is 0 Å². The van der Waals surface area contributed by atoms with Crippen LogP contribution in [0.4, 0.5) is 17.5 Å². The Bertz CT molecular complexity index is 1120. The molecule has 0 aliphatic carbocycles. The molecule has 5 rings (SSSR count). The quantitative estimate of drug-likeness (QED) is 0.351. The Morgan fingerprint density at radius 2 is 1.91 bits per heavy atom. The van der Waals surface area contributed by atoms with Crippen molar-refractivity contribution < 1.29 is 0 Å². The fourth-order valence-corrected chi connectivity index (χ4v) is 5.33. The molecule has 5 heterocycles. The van der Waals surface area contributed by atoms with E-state index >= 15 is 0 Å². The molecule has 35 heavy (non-hydrogen) atoms. The van der Waals surface area contributed by atoms with Crippen LogP contribution in [0.15, 0.2) is 30.5 Å². The van der Waals surface area contributed by atoms with E-state index in [1.165, 1.54) is 32.1 Å². The third-order valence-electron chi connectivity index (χ3n) is 6.96. The molecule has 2 fully saturated rings. The van der Waals surface area contributed by atoms with Gasteiger partial charge >= 0.3 is 0 Å². The molecule has 0 radical (unpaired) electrons. The summed E-state index contributed by atoms with van der Waals surface area (Å²) in [6.07, 6.45) is 10.5. The summed E-state index contributed by atoms with van der Waals surface area (Å²) in [5, 5.41) is 15.2. The average Bonchev–Trinajstić information content (AvgIpc) is 3.37. The van der Waals surface area contributed by atoms with E-state index in [-0.39, 0.29) is 0 Å². The van der Waals surface area contributed by atoms with Crippen LogP contribution in [0, 0.1) is 13.5 Å². The van der Waals surface area contributed by atoms with E-state index in [0.29, 0.717) is 24.7 Å². The lowest BCUT2D eigenvalue weighted by atomic mass is 9.97. The molecular weight excluding hydrogens is 436 g/mol. The highest BCUT2D eigenvalue weighted by molar-refractivity contribution is 5.91. The number of unbranched alkanes of at least 4 members (excludes halogenated alkanes) is 2. The second-order valence-electron chi connectivity index (χ2n) is 9.66. The third-order valence-corrected chi connectivity index (χ3v) is 6.96. The highest BCUT2D eigenvalue weighted by Gasteiger charge is 2.40. The van der Waals surface area contributed by atoms with Gasteiger partial charge in [-0.1, -0.05) is 33.1 Å². The number of nitrogens with one attached hydrogen (secondary N) is 3. The van der Waals surface area contributed by atoms with Gasteiger partial charge < -0.3 is 15.5 Å². The maximum Gasteiger partial charge on any atom is 0.227 e. The SMILES string of the molecule is CCCCC.[C-]#[N+]CCN1[C@@H]2CC[C@H]1CC(Nc1nc(Nc3cc(C)[nH]n3)cc3ncccc13)C2. The lowest BCUT2D eigenvalue weighted by Crippen LogP contribution is -2.47. The molecular formula is C27H38N8. The topological polar surface area (TPSA) is 86.1 Å². The number of anilines is 3. The number of aromatic nitrogens is 4. The van der Waals surface area contributed by atoms with Crippen LogP contribution in [0.1, 0.15) is 64.5 Å². The van der Waals surface area contributed by atoms with Crippen LogP contribution in [0.2, 0.25) is 0 Å². The monoisotopic (exact) mass is 474 g/mol. The van der Waals surface area contributed by atoms with E-state index in [2.05, 4.69) is 55.5 Å². The number of aromatic amines is 1. The summed E-state index contributed by atoms with van der Waals surface area (Å²) in [5.74, 6) is 2.34. The minimum Gasteiger partial charge on any atom is -0.367 e. The van der Waals surface area contributed by atoms with Crippen LogP contribution >= 0.6 is 0 Å². The van der Waals surface area contributed by atoms with Gasteiger partial charge in [0.15, 0.2) is 5.82 Å². The molecule has 8 heteroatoms. The van der Waals surface area contributed by atoms with Gasteiger partial charge in [-0.25, -0.2) is 11.6 Å². The Kier molecular flexibility index (Phi) is 8.54. The van der Waals surface area contributed by atoms with Crippen LogP contribution in [0.5, 0.6) is 0 Å². The molecule has 3 N–H and O–H groups in total. The van der Waals surface area contributed by atoms with Gasteiger partial charge in [0.2, 0.25) is 6.54 Å². The number of aryl methyl sites for hydroxylation is 1. The average molecular weight is 475 g/mol.